The average Bonchev–Trinajstić information content (AvgIpc) is 2.12. The van der Waals surface area contributed by atoms with Gasteiger partial charge in [-0.15, -0.1) is 0 Å². The Morgan fingerprint density at radius 2 is 2.38 bits per heavy atom. The standard InChI is InChI=1S/C9H10N4/c10-6-9-11-5-4-8(13-9)12-7-2-1-3-7/h4-5,7H,1-3H2,(H,11,12,13). The molecule has 0 unspecified atom stereocenters. The number of anilines is 1. The van der Waals surface area contributed by atoms with Crippen molar-refractivity contribution in [2.75, 3.05) is 5.32 Å². The minimum atomic E-state index is 0.226. The second-order valence-electron chi connectivity index (χ2n) is 3.15. The summed E-state index contributed by atoms with van der Waals surface area (Å²) in [7, 11) is 0. The number of aromatic nitrogens is 2. The third-order valence-electron chi connectivity index (χ3n) is 2.21. The molecular weight excluding hydrogens is 164 g/mol. The minimum Gasteiger partial charge on any atom is -0.367 e. The maximum atomic E-state index is 8.56. The molecule has 0 radical (unpaired) electrons. The van der Waals surface area contributed by atoms with Gasteiger partial charge in [-0.2, -0.15) is 5.26 Å². The molecule has 0 saturated heterocycles. The predicted molar refractivity (Wildman–Crippen MR) is 48.0 cm³/mol. The summed E-state index contributed by atoms with van der Waals surface area (Å²) in [6.45, 7) is 0. The van der Waals surface area contributed by atoms with E-state index in [0.717, 1.165) is 5.82 Å². The van der Waals surface area contributed by atoms with Gasteiger partial charge < -0.3 is 5.32 Å². The van der Waals surface area contributed by atoms with Crippen molar-refractivity contribution < 1.29 is 0 Å². The zero-order valence-corrected chi connectivity index (χ0v) is 7.20. The summed E-state index contributed by atoms with van der Waals surface area (Å²) in [6.07, 6.45) is 5.29. The summed E-state index contributed by atoms with van der Waals surface area (Å²) >= 11 is 0. The smallest absolute Gasteiger partial charge is 0.234 e. The topological polar surface area (TPSA) is 61.6 Å². The Morgan fingerprint density at radius 1 is 1.54 bits per heavy atom. The molecule has 0 aliphatic heterocycles. The van der Waals surface area contributed by atoms with Gasteiger partial charge >= 0.3 is 0 Å². The van der Waals surface area contributed by atoms with E-state index in [2.05, 4.69) is 15.3 Å². The third kappa shape index (κ3) is 1.75. The fraction of sp³-hybridized carbons (Fsp3) is 0.444. The fourth-order valence-electron chi connectivity index (χ4n) is 1.25. The summed E-state index contributed by atoms with van der Waals surface area (Å²) in [4.78, 5) is 7.83. The van der Waals surface area contributed by atoms with Crippen LogP contribution in [-0.2, 0) is 0 Å². The van der Waals surface area contributed by atoms with E-state index in [0.29, 0.717) is 6.04 Å². The summed E-state index contributed by atoms with van der Waals surface area (Å²) in [6, 6.07) is 4.25. The molecule has 1 saturated carbocycles. The van der Waals surface area contributed by atoms with E-state index in [1.54, 1.807) is 12.3 Å². The lowest BCUT2D eigenvalue weighted by Gasteiger charge is -2.26. The molecule has 1 heterocycles. The van der Waals surface area contributed by atoms with Gasteiger partial charge in [-0.25, -0.2) is 9.97 Å². The Kier molecular flexibility index (Phi) is 2.09. The molecular formula is C9H10N4. The largest absolute Gasteiger partial charge is 0.367 e. The average molecular weight is 174 g/mol. The maximum Gasteiger partial charge on any atom is 0.234 e. The number of nitriles is 1. The lowest BCUT2D eigenvalue weighted by Crippen LogP contribution is -2.27. The van der Waals surface area contributed by atoms with Gasteiger partial charge in [0.25, 0.3) is 0 Å². The zero-order chi connectivity index (χ0) is 9.10. The Balaban J connectivity index is 2.07. The van der Waals surface area contributed by atoms with Gasteiger partial charge in [-0.3, -0.25) is 0 Å². The molecule has 0 atom stereocenters. The lowest BCUT2D eigenvalue weighted by molar-refractivity contribution is 0.444. The number of hydrogen-bond donors (Lipinski definition) is 1. The van der Waals surface area contributed by atoms with Gasteiger partial charge in [0.1, 0.15) is 11.9 Å². The third-order valence-corrected chi connectivity index (χ3v) is 2.21. The predicted octanol–water partition coefficient (Wildman–Crippen LogP) is 1.31. The van der Waals surface area contributed by atoms with Crippen LogP contribution in [-0.4, -0.2) is 16.0 Å². The van der Waals surface area contributed by atoms with Crippen molar-refractivity contribution in [3.63, 3.8) is 0 Å². The molecule has 4 nitrogen and oxygen atoms in total. The normalized spacial score (nSPS) is 15.9. The van der Waals surface area contributed by atoms with E-state index in [9.17, 15) is 0 Å². The van der Waals surface area contributed by atoms with E-state index in [4.69, 9.17) is 5.26 Å². The first kappa shape index (κ1) is 7.99. The monoisotopic (exact) mass is 174 g/mol. The molecule has 1 aromatic rings. The van der Waals surface area contributed by atoms with Crippen LogP contribution in [0.2, 0.25) is 0 Å². The molecule has 13 heavy (non-hydrogen) atoms. The highest BCUT2D eigenvalue weighted by Gasteiger charge is 2.17. The molecule has 1 aliphatic carbocycles. The van der Waals surface area contributed by atoms with Crippen molar-refractivity contribution in [2.45, 2.75) is 25.3 Å². The molecule has 4 heteroatoms. The second-order valence-corrected chi connectivity index (χ2v) is 3.15. The van der Waals surface area contributed by atoms with Crippen molar-refractivity contribution in [1.29, 1.82) is 5.26 Å². The highest BCUT2D eigenvalue weighted by Crippen LogP contribution is 2.21. The number of rotatable bonds is 2. The summed E-state index contributed by atoms with van der Waals surface area (Å²) in [5, 5.41) is 11.8. The Labute approximate surface area is 76.6 Å². The summed E-state index contributed by atoms with van der Waals surface area (Å²) in [5.74, 6) is 0.987. The first-order valence-electron chi connectivity index (χ1n) is 4.38. The van der Waals surface area contributed by atoms with Crippen LogP contribution in [0.4, 0.5) is 5.82 Å². The van der Waals surface area contributed by atoms with Crippen LogP contribution in [0.5, 0.6) is 0 Å². The summed E-state index contributed by atoms with van der Waals surface area (Å²) in [5.41, 5.74) is 0. The number of nitrogens with one attached hydrogen (secondary N) is 1. The van der Waals surface area contributed by atoms with Gasteiger partial charge in [-0.05, 0) is 25.3 Å². The van der Waals surface area contributed by atoms with E-state index in [1.165, 1.54) is 19.3 Å². The van der Waals surface area contributed by atoms with Crippen molar-refractivity contribution in [3.8, 4) is 6.07 Å². The van der Waals surface area contributed by atoms with Crippen LogP contribution in [0.1, 0.15) is 25.1 Å². The molecule has 66 valence electrons. The Hall–Kier alpha value is -1.63. The molecule has 1 aliphatic rings. The van der Waals surface area contributed by atoms with Gasteiger partial charge in [0.05, 0.1) is 0 Å². The highest BCUT2D eigenvalue weighted by molar-refractivity contribution is 5.36. The van der Waals surface area contributed by atoms with Crippen molar-refractivity contribution in [2.24, 2.45) is 0 Å². The second kappa shape index (κ2) is 3.40. The van der Waals surface area contributed by atoms with Crippen molar-refractivity contribution >= 4 is 5.82 Å². The van der Waals surface area contributed by atoms with Gasteiger partial charge in [-0.1, -0.05) is 0 Å². The molecule has 1 aromatic heterocycles. The number of nitrogens with zero attached hydrogens (tertiary/aromatic N) is 3. The SMILES string of the molecule is N#Cc1nccc(NC2CCC2)n1. The first-order valence-corrected chi connectivity index (χ1v) is 4.38. The van der Waals surface area contributed by atoms with Crippen LogP contribution >= 0.6 is 0 Å². The van der Waals surface area contributed by atoms with Gasteiger partial charge in [0.2, 0.25) is 5.82 Å². The maximum absolute atomic E-state index is 8.56. The summed E-state index contributed by atoms with van der Waals surface area (Å²) < 4.78 is 0. The molecule has 0 aromatic carbocycles. The highest BCUT2D eigenvalue weighted by atomic mass is 15.0. The molecule has 1 N–H and O–H groups in total. The lowest BCUT2D eigenvalue weighted by atomic mass is 9.93. The van der Waals surface area contributed by atoms with Crippen molar-refractivity contribution in [1.82, 2.24) is 9.97 Å². The Bertz CT molecular complexity index is 338. The minimum absolute atomic E-state index is 0.226. The van der Waals surface area contributed by atoms with E-state index in [1.807, 2.05) is 6.07 Å². The van der Waals surface area contributed by atoms with Crippen LogP contribution in [0.3, 0.4) is 0 Å². The van der Waals surface area contributed by atoms with Crippen molar-refractivity contribution in [3.05, 3.63) is 18.1 Å². The van der Waals surface area contributed by atoms with E-state index >= 15 is 0 Å². The first-order chi connectivity index (χ1) is 6.38. The molecule has 1 fully saturated rings. The van der Waals surface area contributed by atoms with Crippen LogP contribution in [0, 0.1) is 11.3 Å². The zero-order valence-electron chi connectivity index (χ0n) is 7.20. The van der Waals surface area contributed by atoms with E-state index in [-0.39, 0.29) is 5.82 Å². The molecule has 0 bridgehead atoms. The number of hydrogen-bond acceptors (Lipinski definition) is 4. The van der Waals surface area contributed by atoms with Gasteiger partial charge in [0, 0.05) is 12.2 Å². The van der Waals surface area contributed by atoms with Crippen LogP contribution in [0.15, 0.2) is 12.3 Å². The molecule has 2 rings (SSSR count). The molecule has 0 spiro atoms. The van der Waals surface area contributed by atoms with Crippen LogP contribution < -0.4 is 5.32 Å². The van der Waals surface area contributed by atoms with Gasteiger partial charge in [0.15, 0.2) is 0 Å². The van der Waals surface area contributed by atoms with E-state index < -0.39 is 0 Å². The fourth-order valence-corrected chi connectivity index (χ4v) is 1.25. The molecule has 0 amide bonds. The Morgan fingerprint density at radius 3 is 3.00 bits per heavy atom. The quantitative estimate of drug-likeness (QED) is 0.734. The van der Waals surface area contributed by atoms with Crippen LogP contribution in [0.25, 0.3) is 0 Å².